The maximum Gasteiger partial charge on any atom is 0.289 e. The first-order valence-corrected chi connectivity index (χ1v) is 6.85. The lowest BCUT2D eigenvalue weighted by Crippen LogP contribution is -2.42. The molecule has 0 spiro atoms. The molecule has 2 rings (SSSR count). The van der Waals surface area contributed by atoms with Crippen molar-refractivity contribution in [1.29, 1.82) is 5.26 Å². The SMILES string of the molecule is CC(CN1CCOCC1)Nc1ccc(C#N)c([N+](=O)[O-])c1. The van der Waals surface area contributed by atoms with Crippen molar-refractivity contribution < 1.29 is 9.66 Å². The number of nitro benzene ring substituents is 1. The summed E-state index contributed by atoms with van der Waals surface area (Å²) in [6.07, 6.45) is 0. The average Bonchev–Trinajstić information content (AvgIpc) is 2.48. The van der Waals surface area contributed by atoms with Gasteiger partial charge in [0.25, 0.3) is 5.69 Å². The van der Waals surface area contributed by atoms with Crippen LogP contribution in [-0.2, 0) is 4.74 Å². The van der Waals surface area contributed by atoms with Gasteiger partial charge in [-0.2, -0.15) is 5.26 Å². The minimum absolute atomic E-state index is 0.0754. The fourth-order valence-corrected chi connectivity index (χ4v) is 2.37. The Morgan fingerprint density at radius 3 is 2.86 bits per heavy atom. The number of morpholine rings is 1. The molecule has 1 aromatic carbocycles. The lowest BCUT2D eigenvalue weighted by molar-refractivity contribution is -0.385. The second-order valence-corrected chi connectivity index (χ2v) is 5.06. The molecule has 0 amide bonds. The van der Waals surface area contributed by atoms with Crippen molar-refractivity contribution >= 4 is 11.4 Å². The van der Waals surface area contributed by atoms with E-state index in [4.69, 9.17) is 10.00 Å². The molecule has 1 fully saturated rings. The number of nitriles is 1. The minimum atomic E-state index is -0.531. The summed E-state index contributed by atoms with van der Waals surface area (Å²) in [6, 6.07) is 6.56. The van der Waals surface area contributed by atoms with Crippen molar-refractivity contribution in [3.8, 4) is 6.07 Å². The number of anilines is 1. The topological polar surface area (TPSA) is 91.4 Å². The number of nitro groups is 1. The molecular formula is C14H18N4O3. The molecule has 0 radical (unpaired) electrons. The lowest BCUT2D eigenvalue weighted by atomic mass is 10.1. The summed E-state index contributed by atoms with van der Waals surface area (Å²) in [4.78, 5) is 12.7. The Kier molecular flexibility index (Phi) is 5.09. The third-order valence-electron chi connectivity index (χ3n) is 3.36. The van der Waals surface area contributed by atoms with E-state index in [0.29, 0.717) is 5.69 Å². The van der Waals surface area contributed by atoms with E-state index in [1.165, 1.54) is 12.1 Å². The van der Waals surface area contributed by atoms with E-state index in [-0.39, 0.29) is 17.3 Å². The smallest absolute Gasteiger partial charge is 0.289 e. The number of hydrogen-bond donors (Lipinski definition) is 1. The fourth-order valence-electron chi connectivity index (χ4n) is 2.37. The highest BCUT2D eigenvalue weighted by Gasteiger charge is 2.17. The molecule has 1 saturated heterocycles. The van der Waals surface area contributed by atoms with Gasteiger partial charge >= 0.3 is 0 Å². The van der Waals surface area contributed by atoms with E-state index in [2.05, 4.69) is 10.2 Å². The van der Waals surface area contributed by atoms with Crippen LogP contribution < -0.4 is 5.32 Å². The molecule has 7 nitrogen and oxygen atoms in total. The van der Waals surface area contributed by atoms with Crippen LogP contribution in [0.2, 0.25) is 0 Å². The van der Waals surface area contributed by atoms with E-state index in [1.807, 2.05) is 13.0 Å². The van der Waals surface area contributed by atoms with E-state index in [9.17, 15) is 10.1 Å². The van der Waals surface area contributed by atoms with Crippen molar-refractivity contribution in [3.63, 3.8) is 0 Å². The molecule has 0 bridgehead atoms. The monoisotopic (exact) mass is 290 g/mol. The van der Waals surface area contributed by atoms with Crippen LogP contribution >= 0.6 is 0 Å². The summed E-state index contributed by atoms with van der Waals surface area (Å²) < 4.78 is 5.30. The van der Waals surface area contributed by atoms with Crippen molar-refractivity contribution in [3.05, 3.63) is 33.9 Å². The molecule has 0 aliphatic carbocycles. The van der Waals surface area contributed by atoms with Gasteiger partial charge in [0.05, 0.1) is 18.1 Å². The molecule has 1 aromatic rings. The first-order valence-electron chi connectivity index (χ1n) is 6.85. The molecule has 1 N–H and O–H groups in total. The van der Waals surface area contributed by atoms with Gasteiger partial charge in [-0.05, 0) is 19.1 Å². The maximum atomic E-state index is 10.9. The predicted molar refractivity (Wildman–Crippen MR) is 78.2 cm³/mol. The Morgan fingerprint density at radius 1 is 1.52 bits per heavy atom. The molecule has 112 valence electrons. The molecule has 1 aliphatic rings. The van der Waals surface area contributed by atoms with Gasteiger partial charge in [0.2, 0.25) is 0 Å². The van der Waals surface area contributed by atoms with Gasteiger partial charge in [0.15, 0.2) is 0 Å². The standard InChI is InChI=1S/C14H18N4O3/c1-11(10-17-4-6-21-7-5-17)16-13-3-2-12(9-15)14(8-13)18(19)20/h2-3,8,11,16H,4-7,10H2,1H3. The van der Waals surface area contributed by atoms with Gasteiger partial charge in [0, 0.05) is 37.4 Å². The second kappa shape index (κ2) is 7.02. The van der Waals surface area contributed by atoms with Crippen LogP contribution in [0.5, 0.6) is 0 Å². The normalized spacial score (nSPS) is 17.0. The third kappa shape index (κ3) is 4.15. The van der Waals surface area contributed by atoms with Gasteiger partial charge < -0.3 is 10.1 Å². The zero-order chi connectivity index (χ0) is 15.2. The van der Waals surface area contributed by atoms with Crippen LogP contribution in [0.4, 0.5) is 11.4 Å². The summed E-state index contributed by atoms with van der Waals surface area (Å²) >= 11 is 0. The van der Waals surface area contributed by atoms with Gasteiger partial charge in [-0.25, -0.2) is 0 Å². The Balaban J connectivity index is 2.00. The molecule has 1 heterocycles. The van der Waals surface area contributed by atoms with Crippen LogP contribution in [-0.4, -0.2) is 48.7 Å². The summed E-state index contributed by atoms with van der Waals surface area (Å²) in [5, 5.41) is 23.0. The molecule has 0 saturated carbocycles. The van der Waals surface area contributed by atoms with Crippen molar-refractivity contribution in [1.82, 2.24) is 4.90 Å². The van der Waals surface area contributed by atoms with Crippen LogP contribution in [0.15, 0.2) is 18.2 Å². The van der Waals surface area contributed by atoms with Gasteiger partial charge in [-0.3, -0.25) is 15.0 Å². The molecule has 1 atom stereocenters. The number of nitrogens with zero attached hydrogens (tertiary/aromatic N) is 3. The summed E-state index contributed by atoms with van der Waals surface area (Å²) in [7, 11) is 0. The van der Waals surface area contributed by atoms with Crippen molar-refractivity contribution in [2.24, 2.45) is 0 Å². The zero-order valence-electron chi connectivity index (χ0n) is 11.9. The molecule has 21 heavy (non-hydrogen) atoms. The molecular weight excluding hydrogens is 272 g/mol. The van der Waals surface area contributed by atoms with Crippen LogP contribution in [0.25, 0.3) is 0 Å². The summed E-state index contributed by atoms with van der Waals surface area (Å²) in [5.41, 5.74) is 0.564. The molecule has 1 unspecified atom stereocenters. The summed E-state index contributed by atoms with van der Waals surface area (Å²) in [6.45, 7) is 6.17. The average molecular weight is 290 g/mol. The quantitative estimate of drug-likeness (QED) is 0.654. The number of hydrogen-bond acceptors (Lipinski definition) is 6. The summed E-state index contributed by atoms with van der Waals surface area (Å²) in [5.74, 6) is 0. The van der Waals surface area contributed by atoms with Crippen LogP contribution in [0.1, 0.15) is 12.5 Å². The van der Waals surface area contributed by atoms with Gasteiger partial charge in [-0.1, -0.05) is 0 Å². The van der Waals surface area contributed by atoms with Crippen LogP contribution in [0, 0.1) is 21.4 Å². The predicted octanol–water partition coefficient (Wildman–Crippen LogP) is 1.60. The van der Waals surface area contributed by atoms with Crippen LogP contribution in [0.3, 0.4) is 0 Å². The first-order chi connectivity index (χ1) is 10.1. The fraction of sp³-hybridized carbons (Fsp3) is 0.500. The number of benzene rings is 1. The molecule has 1 aliphatic heterocycles. The van der Waals surface area contributed by atoms with Crippen molar-refractivity contribution in [2.45, 2.75) is 13.0 Å². The zero-order valence-corrected chi connectivity index (χ0v) is 11.9. The second-order valence-electron chi connectivity index (χ2n) is 5.06. The third-order valence-corrected chi connectivity index (χ3v) is 3.36. The Labute approximate surface area is 123 Å². The molecule has 7 heteroatoms. The van der Waals surface area contributed by atoms with Gasteiger partial charge in [0.1, 0.15) is 11.6 Å². The van der Waals surface area contributed by atoms with Gasteiger partial charge in [-0.15, -0.1) is 0 Å². The first kappa shape index (κ1) is 15.2. The lowest BCUT2D eigenvalue weighted by Gasteiger charge is -2.29. The van der Waals surface area contributed by atoms with E-state index >= 15 is 0 Å². The number of rotatable bonds is 5. The van der Waals surface area contributed by atoms with Crippen molar-refractivity contribution in [2.75, 3.05) is 38.2 Å². The Bertz CT molecular complexity index is 550. The van der Waals surface area contributed by atoms with E-state index in [1.54, 1.807) is 6.07 Å². The minimum Gasteiger partial charge on any atom is -0.381 e. The number of ether oxygens (including phenoxy) is 1. The Morgan fingerprint density at radius 2 is 2.24 bits per heavy atom. The van der Waals surface area contributed by atoms with E-state index < -0.39 is 4.92 Å². The molecule has 0 aromatic heterocycles. The highest BCUT2D eigenvalue weighted by atomic mass is 16.6. The number of nitrogens with one attached hydrogen (secondary N) is 1. The Hall–Kier alpha value is -2.17. The highest BCUT2D eigenvalue weighted by Crippen LogP contribution is 2.23. The largest absolute Gasteiger partial charge is 0.381 e. The van der Waals surface area contributed by atoms with E-state index in [0.717, 1.165) is 32.8 Å². The highest BCUT2D eigenvalue weighted by molar-refractivity contribution is 5.59. The maximum absolute atomic E-state index is 10.9.